The summed E-state index contributed by atoms with van der Waals surface area (Å²) in [6.07, 6.45) is 3.35. The van der Waals surface area contributed by atoms with E-state index in [4.69, 9.17) is 9.47 Å². The number of aryl methyl sites for hydroxylation is 1. The van der Waals surface area contributed by atoms with Gasteiger partial charge in [0.05, 0.1) is 38.7 Å². The molecule has 0 radical (unpaired) electrons. The lowest BCUT2D eigenvalue weighted by Gasteiger charge is -2.39. The third-order valence-corrected chi connectivity index (χ3v) is 4.60. The van der Waals surface area contributed by atoms with E-state index in [1.165, 1.54) is 11.8 Å². The first-order chi connectivity index (χ1) is 12.7. The van der Waals surface area contributed by atoms with Crippen LogP contribution in [0.2, 0.25) is 0 Å². The molecular weight excluding hydrogens is 332 g/mol. The van der Waals surface area contributed by atoms with Gasteiger partial charge < -0.3 is 19.3 Å². The molecule has 1 aromatic carbocycles. The summed E-state index contributed by atoms with van der Waals surface area (Å²) in [5.74, 6) is 1.51. The van der Waals surface area contributed by atoms with Gasteiger partial charge in [0.2, 0.25) is 0 Å². The first-order valence-electron chi connectivity index (χ1n) is 8.86. The molecule has 1 aromatic heterocycles. The van der Waals surface area contributed by atoms with E-state index in [9.17, 15) is 4.79 Å². The molecule has 2 saturated heterocycles. The Kier molecular flexibility index (Phi) is 4.71. The fraction of sp³-hybridized carbons (Fsp3) is 0.421. The van der Waals surface area contributed by atoms with Gasteiger partial charge >= 0.3 is 0 Å². The predicted molar refractivity (Wildman–Crippen MR) is 96.6 cm³/mol. The third kappa shape index (κ3) is 3.62. The predicted octanol–water partition coefficient (Wildman–Crippen LogP) is 1.53. The molecule has 3 heterocycles. The van der Waals surface area contributed by atoms with Crippen molar-refractivity contribution in [2.75, 3.05) is 44.3 Å². The zero-order valence-electron chi connectivity index (χ0n) is 14.8. The van der Waals surface area contributed by atoms with E-state index in [0.717, 1.165) is 18.8 Å². The maximum absolute atomic E-state index is 12.5. The molecule has 0 aliphatic carbocycles. The number of hydrogen-bond acceptors (Lipinski definition) is 6. The zero-order valence-corrected chi connectivity index (χ0v) is 14.8. The van der Waals surface area contributed by atoms with Gasteiger partial charge in [0.15, 0.2) is 0 Å². The Labute approximate surface area is 152 Å². The van der Waals surface area contributed by atoms with Crippen LogP contribution in [0.4, 0.5) is 5.82 Å². The van der Waals surface area contributed by atoms with Crippen molar-refractivity contribution in [3.05, 3.63) is 47.9 Å². The number of carbonyl (C=O) groups is 1. The Morgan fingerprint density at radius 1 is 1.23 bits per heavy atom. The Balaban J connectivity index is 1.36. The molecular formula is C19H22N4O3. The van der Waals surface area contributed by atoms with Crippen LogP contribution in [0.15, 0.2) is 36.7 Å². The highest BCUT2D eigenvalue weighted by atomic mass is 16.5. The summed E-state index contributed by atoms with van der Waals surface area (Å²) in [6, 6.07) is 8.04. The van der Waals surface area contributed by atoms with Crippen LogP contribution in [0.5, 0.6) is 5.75 Å². The van der Waals surface area contributed by atoms with Gasteiger partial charge in [-0.25, -0.2) is 4.98 Å². The van der Waals surface area contributed by atoms with E-state index < -0.39 is 0 Å². The molecule has 136 valence electrons. The van der Waals surface area contributed by atoms with Crippen LogP contribution in [-0.4, -0.2) is 66.3 Å². The number of hydrogen-bond donors (Lipinski definition) is 0. The minimum absolute atomic E-state index is 0.0873. The minimum Gasteiger partial charge on any atom is -0.487 e. The summed E-state index contributed by atoms with van der Waals surface area (Å²) in [7, 11) is 0. The Morgan fingerprint density at radius 3 is 2.81 bits per heavy atom. The van der Waals surface area contributed by atoms with Crippen LogP contribution in [0.1, 0.15) is 16.1 Å². The third-order valence-electron chi connectivity index (χ3n) is 4.60. The second kappa shape index (κ2) is 7.29. The molecule has 4 rings (SSSR count). The number of nitrogens with zero attached hydrogens (tertiary/aromatic N) is 4. The molecule has 7 nitrogen and oxygen atoms in total. The van der Waals surface area contributed by atoms with Crippen molar-refractivity contribution < 1.29 is 14.3 Å². The molecule has 1 amide bonds. The fourth-order valence-electron chi connectivity index (χ4n) is 3.12. The molecule has 2 aromatic rings. The summed E-state index contributed by atoms with van der Waals surface area (Å²) in [6.45, 7) is 5.86. The lowest BCUT2D eigenvalue weighted by Crippen LogP contribution is -2.54. The molecule has 26 heavy (non-hydrogen) atoms. The van der Waals surface area contributed by atoms with Crippen molar-refractivity contribution in [1.29, 1.82) is 0 Å². The highest BCUT2D eigenvalue weighted by Crippen LogP contribution is 2.23. The van der Waals surface area contributed by atoms with Crippen LogP contribution in [-0.2, 0) is 4.74 Å². The molecule has 0 unspecified atom stereocenters. The number of benzene rings is 1. The van der Waals surface area contributed by atoms with Gasteiger partial charge in [0.1, 0.15) is 23.4 Å². The van der Waals surface area contributed by atoms with Crippen LogP contribution in [0.25, 0.3) is 0 Å². The maximum Gasteiger partial charge on any atom is 0.274 e. The molecule has 0 N–H and O–H groups in total. The Bertz CT molecular complexity index is 786. The molecule has 2 aliphatic heterocycles. The number of amides is 1. The SMILES string of the molecule is Cc1cccc(OC2CN(c3cncc(C(=O)N4CCOCC4)n3)C2)c1. The van der Waals surface area contributed by atoms with Crippen LogP contribution in [0, 0.1) is 6.92 Å². The molecule has 0 bridgehead atoms. The zero-order chi connectivity index (χ0) is 17.9. The standard InChI is InChI=1S/C19H22N4O3/c1-14-3-2-4-15(9-14)26-16-12-23(13-16)18-11-20-10-17(21-18)19(24)22-5-7-25-8-6-22/h2-4,9-11,16H,5-8,12-13H2,1H3. The molecule has 2 aliphatic rings. The highest BCUT2D eigenvalue weighted by Gasteiger charge is 2.30. The number of aromatic nitrogens is 2. The topological polar surface area (TPSA) is 67.8 Å². The average molecular weight is 354 g/mol. The van der Waals surface area contributed by atoms with E-state index in [-0.39, 0.29) is 12.0 Å². The van der Waals surface area contributed by atoms with E-state index >= 15 is 0 Å². The lowest BCUT2D eigenvalue weighted by atomic mass is 10.1. The molecule has 2 fully saturated rings. The number of rotatable bonds is 4. The Hall–Kier alpha value is -2.67. The van der Waals surface area contributed by atoms with E-state index in [2.05, 4.69) is 14.9 Å². The van der Waals surface area contributed by atoms with Crippen molar-refractivity contribution in [2.24, 2.45) is 0 Å². The van der Waals surface area contributed by atoms with Crippen molar-refractivity contribution in [2.45, 2.75) is 13.0 Å². The number of carbonyl (C=O) groups excluding carboxylic acids is 1. The second-order valence-electron chi connectivity index (χ2n) is 6.63. The van der Waals surface area contributed by atoms with E-state index in [0.29, 0.717) is 37.8 Å². The first-order valence-corrected chi connectivity index (χ1v) is 8.86. The van der Waals surface area contributed by atoms with Crippen molar-refractivity contribution in [3.63, 3.8) is 0 Å². The quantitative estimate of drug-likeness (QED) is 0.829. The van der Waals surface area contributed by atoms with Crippen molar-refractivity contribution in [3.8, 4) is 5.75 Å². The number of ether oxygens (including phenoxy) is 2. The largest absolute Gasteiger partial charge is 0.487 e. The highest BCUT2D eigenvalue weighted by molar-refractivity contribution is 5.92. The van der Waals surface area contributed by atoms with Gasteiger partial charge in [0, 0.05) is 13.1 Å². The van der Waals surface area contributed by atoms with Gasteiger partial charge in [-0.05, 0) is 24.6 Å². The number of anilines is 1. The summed E-state index contributed by atoms with van der Waals surface area (Å²) < 4.78 is 11.3. The monoisotopic (exact) mass is 354 g/mol. The first kappa shape index (κ1) is 16.8. The summed E-state index contributed by atoms with van der Waals surface area (Å²) in [5, 5.41) is 0. The van der Waals surface area contributed by atoms with Gasteiger partial charge in [-0.15, -0.1) is 0 Å². The summed E-state index contributed by atoms with van der Waals surface area (Å²) in [4.78, 5) is 25.1. The van der Waals surface area contributed by atoms with Gasteiger partial charge in [-0.2, -0.15) is 0 Å². The van der Waals surface area contributed by atoms with E-state index in [1.54, 1.807) is 11.1 Å². The molecule has 0 spiro atoms. The average Bonchev–Trinajstić information content (AvgIpc) is 2.64. The smallest absolute Gasteiger partial charge is 0.274 e. The van der Waals surface area contributed by atoms with Crippen molar-refractivity contribution in [1.82, 2.24) is 14.9 Å². The minimum atomic E-state index is -0.0873. The van der Waals surface area contributed by atoms with Gasteiger partial charge in [-0.3, -0.25) is 9.78 Å². The summed E-state index contributed by atoms with van der Waals surface area (Å²) in [5.41, 5.74) is 1.56. The summed E-state index contributed by atoms with van der Waals surface area (Å²) >= 11 is 0. The van der Waals surface area contributed by atoms with Gasteiger partial charge in [-0.1, -0.05) is 12.1 Å². The fourth-order valence-corrected chi connectivity index (χ4v) is 3.12. The second-order valence-corrected chi connectivity index (χ2v) is 6.63. The maximum atomic E-state index is 12.5. The molecule has 0 saturated carbocycles. The van der Waals surface area contributed by atoms with Crippen LogP contribution >= 0.6 is 0 Å². The van der Waals surface area contributed by atoms with Crippen LogP contribution in [0.3, 0.4) is 0 Å². The molecule has 0 atom stereocenters. The normalized spacial score (nSPS) is 17.7. The molecule has 7 heteroatoms. The Morgan fingerprint density at radius 2 is 2.04 bits per heavy atom. The van der Waals surface area contributed by atoms with Gasteiger partial charge in [0.25, 0.3) is 5.91 Å². The number of morpholine rings is 1. The lowest BCUT2D eigenvalue weighted by molar-refractivity contribution is 0.0298. The van der Waals surface area contributed by atoms with E-state index in [1.807, 2.05) is 31.2 Å². The van der Waals surface area contributed by atoms with Crippen molar-refractivity contribution >= 4 is 11.7 Å². The van der Waals surface area contributed by atoms with Crippen LogP contribution < -0.4 is 9.64 Å².